The van der Waals surface area contributed by atoms with E-state index in [4.69, 9.17) is 0 Å². The lowest BCUT2D eigenvalue weighted by Gasteiger charge is -2.26. The Morgan fingerprint density at radius 2 is 2.30 bits per heavy atom. The predicted octanol–water partition coefficient (Wildman–Crippen LogP) is 2.90. The van der Waals surface area contributed by atoms with E-state index in [0.29, 0.717) is 6.04 Å². The fourth-order valence-electron chi connectivity index (χ4n) is 2.88. The molecule has 0 radical (unpaired) electrons. The Balaban J connectivity index is 1.76. The Hall–Kier alpha value is -0.420. The smallest absolute Gasteiger partial charge is 0.0802 e. The average Bonchev–Trinajstić information content (AvgIpc) is 2.81. The van der Waals surface area contributed by atoms with Gasteiger partial charge in [0.05, 0.1) is 6.10 Å². The third-order valence-electron chi connectivity index (χ3n) is 4.21. The quantitative estimate of drug-likeness (QED) is 0.862. The minimum absolute atomic E-state index is 0.378. The second kappa shape index (κ2) is 7.55. The highest BCUT2D eigenvalue weighted by molar-refractivity contribution is 9.10. The third kappa shape index (κ3) is 4.55. The monoisotopic (exact) mass is 340 g/mol. The zero-order chi connectivity index (χ0) is 14.5. The van der Waals surface area contributed by atoms with E-state index in [9.17, 15) is 5.11 Å². The van der Waals surface area contributed by atoms with E-state index in [1.165, 1.54) is 19.4 Å². The van der Waals surface area contributed by atoms with Crippen molar-refractivity contribution >= 4 is 15.9 Å². The summed E-state index contributed by atoms with van der Waals surface area (Å²) in [5.74, 6) is 0. The molecule has 20 heavy (non-hydrogen) atoms. The van der Waals surface area contributed by atoms with Gasteiger partial charge in [-0.1, -0.05) is 28.1 Å². The largest absolute Gasteiger partial charge is 0.388 e. The molecule has 2 unspecified atom stereocenters. The van der Waals surface area contributed by atoms with Gasteiger partial charge >= 0.3 is 0 Å². The van der Waals surface area contributed by atoms with Crippen LogP contribution >= 0.6 is 15.9 Å². The molecule has 1 aromatic rings. The van der Waals surface area contributed by atoms with Crippen LogP contribution < -0.4 is 0 Å². The summed E-state index contributed by atoms with van der Waals surface area (Å²) in [6, 6.07) is 8.62. The Morgan fingerprint density at radius 1 is 1.50 bits per heavy atom. The Morgan fingerprint density at radius 3 is 2.95 bits per heavy atom. The fourth-order valence-corrected chi connectivity index (χ4v) is 3.30. The van der Waals surface area contributed by atoms with Crippen LogP contribution in [-0.4, -0.2) is 54.7 Å². The molecule has 1 fully saturated rings. The molecule has 0 spiro atoms. The van der Waals surface area contributed by atoms with Gasteiger partial charge in [-0.15, -0.1) is 0 Å². The van der Waals surface area contributed by atoms with E-state index in [1.54, 1.807) is 0 Å². The molecule has 1 aromatic carbocycles. The molecule has 4 heteroatoms. The lowest BCUT2D eigenvalue weighted by Crippen LogP contribution is -2.37. The first-order chi connectivity index (χ1) is 9.56. The van der Waals surface area contributed by atoms with Crippen molar-refractivity contribution in [2.24, 2.45) is 0 Å². The molecule has 112 valence electrons. The minimum atomic E-state index is -0.378. The average molecular weight is 341 g/mol. The van der Waals surface area contributed by atoms with Crippen LogP contribution in [0.25, 0.3) is 0 Å². The molecule has 2 atom stereocenters. The second-order valence-electron chi connectivity index (χ2n) is 5.90. The lowest BCUT2D eigenvalue weighted by atomic mass is 10.1. The highest BCUT2D eigenvalue weighted by atomic mass is 79.9. The molecule has 1 saturated heterocycles. The van der Waals surface area contributed by atoms with E-state index >= 15 is 0 Å². The summed E-state index contributed by atoms with van der Waals surface area (Å²) in [6.07, 6.45) is 3.02. The van der Waals surface area contributed by atoms with Crippen molar-refractivity contribution in [2.75, 3.05) is 33.7 Å². The number of aliphatic hydroxyl groups is 1. The molecule has 0 aliphatic carbocycles. The maximum Gasteiger partial charge on any atom is 0.0802 e. The van der Waals surface area contributed by atoms with E-state index in [-0.39, 0.29) is 6.10 Å². The number of halogens is 1. The highest BCUT2D eigenvalue weighted by Gasteiger charge is 2.22. The number of hydrogen-bond donors (Lipinski definition) is 1. The molecular weight excluding hydrogens is 316 g/mol. The normalized spacial score (nSPS) is 21.6. The van der Waals surface area contributed by atoms with Crippen molar-refractivity contribution in [2.45, 2.75) is 31.4 Å². The van der Waals surface area contributed by atoms with Gasteiger partial charge in [0, 0.05) is 23.6 Å². The van der Waals surface area contributed by atoms with E-state index < -0.39 is 0 Å². The van der Waals surface area contributed by atoms with Crippen molar-refractivity contribution in [3.05, 3.63) is 34.3 Å². The van der Waals surface area contributed by atoms with Crippen molar-refractivity contribution < 1.29 is 5.11 Å². The second-order valence-corrected chi connectivity index (χ2v) is 6.81. The van der Waals surface area contributed by atoms with Crippen LogP contribution in [0.15, 0.2) is 28.7 Å². The van der Waals surface area contributed by atoms with E-state index in [1.807, 2.05) is 24.3 Å². The van der Waals surface area contributed by atoms with Crippen molar-refractivity contribution in [3.63, 3.8) is 0 Å². The molecule has 2 rings (SSSR count). The number of aliphatic hydroxyl groups excluding tert-OH is 1. The van der Waals surface area contributed by atoms with Gasteiger partial charge in [-0.3, -0.25) is 0 Å². The van der Waals surface area contributed by atoms with E-state index in [2.05, 4.69) is 39.8 Å². The molecular formula is C16H25BrN2O. The summed E-state index contributed by atoms with van der Waals surface area (Å²) in [5.41, 5.74) is 0.991. The summed E-state index contributed by atoms with van der Waals surface area (Å²) in [7, 11) is 4.36. The molecule has 1 aliphatic heterocycles. The summed E-state index contributed by atoms with van der Waals surface area (Å²) in [6.45, 7) is 3.25. The van der Waals surface area contributed by atoms with Crippen LogP contribution in [0.1, 0.15) is 30.9 Å². The standard InChI is InChI=1S/C16H25BrN2O/c1-18(12-15-7-4-9-19(15)2)10-8-16(20)13-5-3-6-14(17)11-13/h3,5-6,11,15-16,20H,4,7-10,12H2,1-2H3. The number of likely N-dealkylation sites (N-methyl/N-ethyl adjacent to an activating group) is 2. The Kier molecular flexibility index (Phi) is 6.02. The number of hydrogen-bond acceptors (Lipinski definition) is 3. The molecule has 1 heterocycles. The van der Waals surface area contributed by atoms with Crippen molar-refractivity contribution in [1.29, 1.82) is 0 Å². The van der Waals surface area contributed by atoms with Crippen LogP contribution in [0.5, 0.6) is 0 Å². The van der Waals surface area contributed by atoms with Gasteiger partial charge in [-0.05, 0) is 57.6 Å². The maximum absolute atomic E-state index is 10.2. The maximum atomic E-state index is 10.2. The number of likely N-dealkylation sites (tertiary alicyclic amines) is 1. The Bertz CT molecular complexity index is 427. The first-order valence-electron chi connectivity index (χ1n) is 7.38. The molecule has 1 aliphatic rings. The van der Waals surface area contributed by atoms with Crippen molar-refractivity contribution in [3.8, 4) is 0 Å². The molecule has 1 N–H and O–H groups in total. The van der Waals surface area contributed by atoms with Crippen LogP contribution in [0, 0.1) is 0 Å². The molecule has 0 saturated carbocycles. The zero-order valence-corrected chi connectivity index (χ0v) is 14.0. The van der Waals surface area contributed by atoms with Gasteiger partial charge in [0.15, 0.2) is 0 Å². The van der Waals surface area contributed by atoms with Gasteiger partial charge in [0.25, 0.3) is 0 Å². The summed E-state index contributed by atoms with van der Waals surface area (Å²) >= 11 is 3.45. The Labute approximate surface area is 130 Å². The first kappa shape index (κ1) is 16.0. The third-order valence-corrected chi connectivity index (χ3v) is 4.70. The predicted molar refractivity (Wildman–Crippen MR) is 86.9 cm³/mol. The van der Waals surface area contributed by atoms with Gasteiger partial charge in [0.1, 0.15) is 0 Å². The number of benzene rings is 1. The summed E-state index contributed by atoms with van der Waals surface area (Å²) < 4.78 is 1.02. The molecule has 3 nitrogen and oxygen atoms in total. The SMILES string of the molecule is CN(CCC(O)c1cccc(Br)c1)CC1CCCN1C. The van der Waals surface area contributed by atoms with Crippen LogP contribution in [0.3, 0.4) is 0 Å². The number of nitrogens with zero attached hydrogens (tertiary/aromatic N) is 2. The number of rotatable bonds is 6. The van der Waals surface area contributed by atoms with Crippen molar-refractivity contribution in [1.82, 2.24) is 9.80 Å². The van der Waals surface area contributed by atoms with Gasteiger partial charge < -0.3 is 14.9 Å². The first-order valence-corrected chi connectivity index (χ1v) is 8.18. The van der Waals surface area contributed by atoms with Gasteiger partial charge in [-0.2, -0.15) is 0 Å². The molecule has 0 aromatic heterocycles. The van der Waals surface area contributed by atoms with Gasteiger partial charge in [-0.25, -0.2) is 0 Å². The van der Waals surface area contributed by atoms with Crippen LogP contribution in [-0.2, 0) is 0 Å². The minimum Gasteiger partial charge on any atom is -0.388 e. The summed E-state index contributed by atoms with van der Waals surface area (Å²) in [5, 5.41) is 10.2. The van der Waals surface area contributed by atoms with Gasteiger partial charge in [0.2, 0.25) is 0 Å². The zero-order valence-electron chi connectivity index (χ0n) is 12.4. The fraction of sp³-hybridized carbons (Fsp3) is 0.625. The summed E-state index contributed by atoms with van der Waals surface area (Å²) in [4.78, 5) is 4.79. The topological polar surface area (TPSA) is 26.7 Å². The lowest BCUT2D eigenvalue weighted by molar-refractivity contribution is 0.140. The van der Waals surface area contributed by atoms with Crippen LogP contribution in [0.2, 0.25) is 0 Å². The van der Waals surface area contributed by atoms with Crippen LogP contribution in [0.4, 0.5) is 0 Å². The molecule has 0 amide bonds. The van der Waals surface area contributed by atoms with E-state index in [0.717, 1.165) is 29.5 Å². The molecule has 0 bridgehead atoms. The highest BCUT2D eigenvalue weighted by Crippen LogP contribution is 2.21.